The second kappa shape index (κ2) is 10.9. The standard InChI is InChI=1S/C30H31N3O5/c1-5-38-23-8-6-7-21(18-23)29-26-27(20-10-12-22(35-2)13-11-20)31-32-28(26)30(34)33(29)16-15-19-9-14-24(36-3)25(17-19)37-4/h6-14,17-18,29H,5,15-16H2,1-4H3,(H,31,32). The molecular weight excluding hydrogens is 482 g/mol. The molecule has 1 amide bonds. The van der Waals surface area contributed by atoms with Crippen molar-refractivity contribution in [3.05, 3.63) is 89.1 Å². The number of aromatic nitrogens is 2. The Morgan fingerprint density at radius 1 is 0.895 bits per heavy atom. The fraction of sp³-hybridized carbons (Fsp3) is 0.267. The van der Waals surface area contributed by atoms with Crippen molar-refractivity contribution in [2.75, 3.05) is 34.5 Å². The first-order valence-corrected chi connectivity index (χ1v) is 12.5. The molecule has 0 aliphatic carbocycles. The second-order valence-electron chi connectivity index (χ2n) is 8.94. The number of amides is 1. The van der Waals surface area contributed by atoms with Crippen molar-refractivity contribution in [3.8, 4) is 34.3 Å². The van der Waals surface area contributed by atoms with E-state index in [9.17, 15) is 4.79 Å². The summed E-state index contributed by atoms with van der Waals surface area (Å²) >= 11 is 0. The van der Waals surface area contributed by atoms with Gasteiger partial charge in [-0.25, -0.2) is 0 Å². The van der Waals surface area contributed by atoms with Crippen LogP contribution in [0.4, 0.5) is 0 Å². The Hall–Kier alpha value is -4.46. The van der Waals surface area contributed by atoms with Gasteiger partial charge in [0.15, 0.2) is 11.5 Å². The van der Waals surface area contributed by atoms with Gasteiger partial charge in [-0.05, 0) is 73.0 Å². The minimum Gasteiger partial charge on any atom is -0.497 e. The van der Waals surface area contributed by atoms with Crippen LogP contribution in [0, 0.1) is 0 Å². The van der Waals surface area contributed by atoms with Crippen molar-refractivity contribution in [1.82, 2.24) is 15.1 Å². The third-order valence-electron chi connectivity index (χ3n) is 6.80. The largest absolute Gasteiger partial charge is 0.497 e. The first-order valence-electron chi connectivity index (χ1n) is 12.5. The van der Waals surface area contributed by atoms with Gasteiger partial charge >= 0.3 is 0 Å². The number of aromatic amines is 1. The smallest absolute Gasteiger partial charge is 0.273 e. The number of rotatable bonds is 10. The van der Waals surface area contributed by atoms with Crippen LogP contribution in [0.15, 0.2) is 66.7 Å². The average Bonchev–Trinajstić information content (AvgIpc) is 3.50. The molecule has 8 heteroatoms. The summed E-state index contributed by atoms with van der Waals surface area (Å²) in [4.78, 5) is 15.6. The maximum Gasteiger partial charge on any atom is 0.273 e. The van der Waals surface area contributed by atoms with Crippen LogP contribution < -0.4 is 18.9 Å². The number of ether oxygens (including phenoxy) is 4. The van der Waals surface area contributed by atoms with Gasteiger partial charge in [0.25, 0.3) is 5.91 Å². The number of fused-ring (bicyclic) bond motifs is 1. The summed E-state index contributed by atoms with van der Waals surface area (Å²) in [7, 11) is 4.87. The highest BCUT2D eigenvalue weighted by Crippen LogP contribution is 2.43. The molecule has 0 fully saturated rings. The number of hydrogen-bond acceptors (Lipinski definition) is 6. The number of nitrogens with zero attached hydrogens (tertiary/aromatic N) is 2. The normalized spacial score (nSPS) is 14.4. The lowest BCUT2D eigenvalue weighted by Crippen LogP contribution is -2.31. The van der Waals surface area contributed by atoms with E-state index in [2.05, 4.69) is 10.2 Å². The lowest BCUT2D eigenvalue weighted by atomic mass is 9.95. The lowest BCUT2D eigenvalue weighted by molar-refractivity contribution is 0.0745. The molecule has 1 aliphatic rings. The van der Waals surface area contributed by atoms with Crippen LogP contribution in [-0.4, -0.2) is 55.5 Å². The van der Waals surface area contributed by atoms with E-state index >= 15 is 0 Å². The minimum absolute atomic E-state index is 0.0837. The molecule has 1 atom stereocenters. The van der Waals surface area contributed by atoms with E-state index in [4.69, 9.17) is 18.9 Å². The predicted molar refractivity (Wildman–Crippen MR) is 144 cm³/mol. The summed E-state index contributed by atoms with van der Waals surface area (Å²) in [6.07, 6.45) is 0.642. The van der Waals surface area contributed by atoms with E-state index in [1.54, 1.807) is 21.3 Å². The van der Waals surface area contributed by atoms with Crippen molar-refractivity contribution in [2.24, 2.45) is 0 Å². The van der Waals surface area contributed by atoms with E-state index in [1.165, 1.54) is 0 Å². The van der Waals surface area contributed by atoms with Crippen LogP contribution >= 0.6 is 0 Å². The SMILES string of the molecule is CCOc1cccc(C2c3c(-c4ccc(OC)cc4)n[nH]c3C(=O)N2CCc2ccc(OC)c(OC)c2)c1. The fourth-order valence-corrected chi connectivity index (χ4v) is 4.97. The molecule has 1 unspecified atom stereocenters. The highest BCUT2D eigenvalue weighted by molar-refractivity contribution is 6.00. The molecule has 1 aliphatic heterocycles. The van der Waals surface area contributed by atoms with Gasteiger partial charge in [-0.3, -0.25) is 9.89 Å². The zero-order chi connectivity index (χ0) is 26.6. The summed E-state index contributed by atoms with van der Waals surface area (Å²) in [5.74, 6) is 2.77. The maximum atomic E-state index is 13.7. The number of methoxy groups -OCH3 is 3. The first kappa shape index (κ1) is 25.2. The second-order valence-corrected chi connectivity index (χ2v) is 8.94. The molecule has 38 heavy (non-hydrogen) atoms. The summed E-state index contributed by atoms with van der Waals surface area (Å²) in [5, 5.41) is 7.59. The zero-order valence-corrected chi connectivity index (χ0v) is 22.0. The molecule has 5 rings (SSSR count). The van der Waals surface area contributed by atoms with Crippen molar-refractivity contribution in [2.45, 2.75) is 19.4 Å². The van der Waals surface area contributed by atoms with E-state index in [0.29, 0.717) is 36.8 Å². The predicted octanol–water partition coefficient (Wildman–Crippen LogP) is 5.29. The Bertz CT molecular complexity index is 1430. The van der Waals surface area contributed by atoms with Crippen molar-refractivity contribution < 1.29 is 23.7 Å². The highest BCUT2D eigenvalue weighted by atomic mass is 16.5. The van der Waals surface area contributed by atoms with Gasteiger partial charge in [-0.2, -0.15) is 5.10 Å². The monoisotopic (exact) mass is 513 g/mol. The molecule has 2 heterocycles. The van der Waals surface area contributed by atoms with Crippen LogP contribution in [0.1, 0.15) is 40.1 Å². The van der Waals surface area contributed by atoms with E-state index in [-0.39, 0.29) is 11.9 Å². The molecule has 0 saturated heterocycles. The number of carbonyl (C=O) groups is 1. The van der Waals surface area contributed by atoms with Crippen LogP contribution in [0.3, 0.4) is 0 Å². The molecule has 0 radical (unpaired) electrons. The topological polar surface area (TPSA) is 85.9 Å². The molecule has 8 nitrogen and oxygen atoms in total. The first-order chi connectivity index (χ1) is 18.6. The van der Waals surface area contributed by atoms with Crippen LogP contribution in [-0.2, 0) is 6.42 Å². The quantitative estimate of drug-likeness (QED) is 0.310. The third kappa shape index (κ3) is 4.65. The van der Waals surface area contributed by atoms with Crippen molar-refractivity contribution >= 4 is 5.91 Å². The van der Waals surface area contributed by atoms with Crippen molar-refractivity contribution in [3.63, 3.8) is 0 Å². The minimum atomic E-state index is -0.325. The lowest BCUT2D eigenvalue weighted by Gasteiger charge is -2.27. The Morgan fingerprint density at radius 3 is 2.39 bits per heavy atom. The number of benzene rings is 3. The molecule has 0 spiro atoms. The van der Waals surface area contributed by atoms with Crippen molar-refractivity contribution in [1.29, 1.82) is 0 Å². The molecule has 3 aromatic carbocycles. The molecule has 196 valence electrons. The summed E-state index contributed by atoms with van der Waals surface area (Å²) in [6.45, 7) is 3.02. The molecule has 0 bridgehead atoms. The van der Waals surface area contributed by atoms with Gasteiger partial charge in [0.1, 0.15) is 17.2 Å². The van der Waals surface area contributed by atoms with Gasteiger partial charge in [-0.15, -0.1) is 0 Å². The highest BCUT2D eigenvalue weighted by Gasteiger charge is 2.42. The Kier molecular flexibility index (Phi) is 7.22. The Labute approximate surface area is 222 Å². The molecule has 1 N–H and O–H groups in total. The van der Waals surface area contributed by atoms with Crippen LogP contribution in [0.2, 0.25) is 0 Å². The van der Waals surface area contributed by atoms with E-state index < -0.39 is 0 Å². The van der Waals surface area contributed by atoms with Gasteiger partial charge < -0.3 is 23.8 Å². The zero-order valence-electron chi connectivity index (χ0n) is 22.0. The molecule has 4 aromatic rings. The van der Waals surface area contributed by atoms with Gasteiger partial charge in [0.2, 0.25) is 0 Å². The van der Waals surface area contributed by atoms with Gasteiger partial charge in [-0.1, -0.05) is 18.2 Å². The van der Waals surface area contributed by atoms with E-state index in [0.717, 1.165) is 39.4 Å². The summed E-state index contributed by atoms with van der Waals surface area (Å²) in [5.41, 5.74) is 5.03. The summed E-state index contributed by atoms with van der Waals surface area (Å²) < 4.78 is 22.0. The fourth-order valence-electron chi connectivity index (χ4n) is 4.97. The van der Waals surface area contributed by atoms with Crippen LogP contribution in [0.25, 0.3) is 11.3 Å². The number of hydrogen-bond donors (Lipinski definition) is 1. The third-order valence-corrected chi connectivity index (χ3v) is 6.80. The molecule has 0 saturated carbocycles. The molecular formula is C30H31N3O5. The average molecular weight is 514 g/mol. The number of H-pyrrole nitrogens is 1. The Balaban J connectivity index is 1.53. The number of carbonyl (C=O) groups excluding carboxylic acids is 1. The molecule has 1 aromatic heterocycles. The van der Waals surface area contributed by atoms with Gasteiger partial charge in [0.05, 0.1) is 39.7 Å². The number of nitrogens with one attached hydrogen (secondary N) is 1. The van der Waals surface area contributed by atoms with Crippen LogP contribution in [0.5, 0.6) is 23.0 Å². The van der Waals surface area contributed by atoms with Gasteiger partial charge in [0, 0.05) is 17.7 Å². The maximum absolute atomic E-state index is 13.7. The summed E-state index contributed by atoms with van der Waals surface area (Å²) in [6, 6.07) is 21.1. The van der Waals surface area contributed by atoms with E-state index in [1.807, 2.05) is 78.6 Å². The Morgan fingerprint density at radius 2 is 1.68 bits per heavy atom.